The van der Waals surface area contributed by atoms with Gasteiger partial charge in [-0.25, -0.2) is 13.1 Å². The first-order chi connectivity index (χ1) is 9.28. The van der Waals surface area contributed by atoms with Crippen LogP contribution in [0.3, 0.4) is 0 Å². The van der Waals surface area contributed by atoms with Gasteiger partial charge < -0.3 is 5.73 Å². The van der Waals surface area contributed by atoms with E-state index in [0.717, 1.165) is 5.56 Å². The van der Waals surface area contributed by atoms with E-state index >= 15 is 0 Å². The molecule has 0 saturated carbocycles. The van der Waals surface area contributed by atoms with Gasteiger partial charge in [-0.3, -0.25) is 0 Å². The molecule has 108 valence electrons. The Morgan fingerprint density at radius 3 is 2.75 bits per heavy atom. The second kappa shape index (κ2) is 5.20. The SMILES string of the molecule is Cc1ccc(N)c(-c2nnnn2C(C)CS(C)(=O)=O)c1. The summed E-state index contributed by atoms with van der Waals surface area (Å²) in [6.07, 6.45) is 1.19. The maximum Gasteiger partial charge on any atom is 0.184 e. The molecule has 0 radical (unpaired) electrons. The molecule has 1 atom stereocenters. The molecule has 1 aromatic carbocycles. The molecule has 0 amide bonds. The molecule has 0 fully saturated rings. The smallest absolute Gasteiger partial charge is 0.184 e. The van der Waals surface area contributed by atoms with E-state index in [2.05, 4.69) is 15.5 Å². The Morgan fingerprint density at radius 1 is 1.40 bits per heavy atom. The van der Waals surface area contributed by atoms with Gasteiger partial charge in [-0.1, -0.05) is 11.6 Å². The van der Waals surface area contributed by atoms with E-state index in [4.69, 9.17) is 5.73 Å². The van der Waals surface area contributed by atoms with Crippen LogP contribution in [-0.2, 0) is 9.84 Å². The molecule has 2 aromatic rings. The Morgan fingerprint density at radius 2 is 2.10 bits per heavy atom. The van der Waals surface area contributed by atoms with Crippen molar-refractivity contribution in [3.05, 3.63) is 23.8 Å². The summed E-state index contributed by atoms with van der Waals surface area (Å²) in [7, 11) is -3.11. The lowest BCUT2D eigenvalue weighted by atomic mass is 10.1. The van der Waals surface area contributed by atoms with Gasteiger partial charge in [-0.2, -0.15) is 0 Å². The number of nitrogen functional groups attached to an aromatic ring is 1. The van der Waals surface area contributed by atoms with Crippen LogP contribution in [0.1, 0.15) is 18.5 Å². The van der Waals surface area contributed by atoms with Crippen molar-refractivity contribution in [2.45, 2.75) is 19.9 Å². The Kier molecular flexibility index (Phi) is 3.76. The van der Waals surface area contributed by atoms with Crippen molar-refractivity contribution in [2.75, 3.05) is 17.7 Å². The number of anilines is 1. The molecule has 0 saturated heterocycles. The maximum atomic E-state index is 11.4. The molecule has 0 bridgehead atoms. The molecule has 0 aliphatic rings. The van der Waals surface area contributed by atoms with Crippen LogP contribution in [0.5, 0.6) is 0 Å². The second-order valence-electron chi connectivity index (χ2n) is 4.98. The Hall–Kier alpha value is -1.96. The number of nitrogens with two attached hydrogens (primary N) is 1. The van der Waals surface area contributed by atoms with E-state index in [0.29, 0.717) is 17.1 Å². The maximum absolute atomic E-state index is 11.4. The Labute approximate surface area is 117 Å². The topological polar surface area (TPSA) is 104 Å². The molecule has 1 unspecified atom stereocenters. The zero-order chi connectivity index (χ0) is 14.9. The van der Waals surface area contributed by atoms with Crippen molar-refractivity contribution in [1.82, 2.24) is 20.2 Å². The first-order valence-electron chi connectivity index (χ1n) is 6.10. The highest BCUT2D eigenvalue weighted by Gasteiger charge is 2.19. The summed E-state index contributed by atoms with van der Waals surface area (Å²) in [5.41, 5.74) is 8.24. The number of sulfone groups is 1. The summed E-state index contributed by atoms with van der Waals surface area (Å²) in [5.74, 6) is 0.443. The summed E-state index contributed by atoms with van der Waals surface area (Å²) >= 11 is 0. The summed E-state index contributed by atoms with van der Waals surface area (Å²) in [6, 6.07) is 5.19. The molecule has 0 spiro atoms. The number of aromatic nitrogens is 4. The average molecular weight is 295 g/mol. The number of hydrogen-bond donors (Lipinski definition) is 1. The quantitative estimate of drug-likeness (QED) is 0.838. The van der Waals surface area contributed by atoms with E-state index in [9.17, 15) is 8.42 Å². The molecule has 1 heterocycles. The average Bonchev–Trinajstić information content (AvgIpc) is 2.79. The lowest BCUT2D eigenvalue weighted by Crippen LogP contribution is -2.18. The lowest BCUT2D eigenvalue weighted by Gasteiger charge is -2.13. The molecular weight excluding hydrogens is 278 g/mol. The van der Waals surface area contributed by atoms with Crippen LogP contribution >= 0.6 is 0 Å². The van der Waals surface area contributed by atoms with E-state index in [1.807, 2.05) is 19.1 Å². The molecule has 8 heteroatoms. The van der Waals surface area contributed by atoms with Crippen molar-refractivity contribution in [3.63, 3.8) is 0 Å². The summed E-state index contributed by atoms with van der Waals surface area (Å²) in [4.78, 5) is 0. The van der Waals surface area contributed by atoms with Crippen molar-refractivity contribution in [3.8, 4) is 11.4 Å². The molecule has 2 rings (SSSR count). The monoisotopic (exact) mass is 295 g/mol. The number of hydrogen-bond acceptors (Lipinski definition) is 6. The van der Waals surface area contributed by atoms with E-state index in [1.54, 1.807) is 13.0 Å². The predicted octanol–water partition coefficient (Wildman–Crippen LogP) is 0.836. The minimum Gasteiger partial charge on any atom is -0.398 e. The minimum absolute atomic E-state index is 0.0310. The minimum atomic E-state index is -3.11. The molecular formula is C12H17N5O2S. The van der Waals surface area contributed by atoms with Crippen LogP contribution in [0.2, 0.25) is 0 Å². The van der Waals surface area contributed by atoms with Gasteiger partial charge in [0.15, 0.2) is 5.82 Å². The van der Waals surface area contributed by atoms with E-state index in [1.165, 1.54) is 10.9 Å². The van der Waals surface area contributed by atoms with Crippen LogP contribution in [0, 0.1) is 6.92 Å². The fourth-order valence-electron chi connectivity index (χ4n) is 2.04. The number of tetrazole rings is 1. The third-order valence-corrected chi connectivity index (χ3v) is 3.99. The first-order valence-corrected chi connectivity index (χ1v) is 8.16. The van der Waals surface area contributed by atoms with Crippen LogP contribution in [0.25, 0.3) is 11.4 Å². The normalized spacial score (nSPS) is 13.3. The number of benzene rings is 1. The Bertz CT molecular complexity index is 723. The van der Waals surface area contributed by atoms with Crippen LogP contribution in [0.15, 0.2) is 18.2 Å². The summed E-state index contributed by atoms with van der Waals surface area (Å²) in [6.45, 7) is 3.70. The van der Waals surface area contributed by atoms with Gasteiger partial charge in [0.2, 0.25) is 0 Å². The largest absolute Gasteiger partial charge is 0.398 e. The summed E-state index contributed by atoms with van der Waals surface area (Å²) in [5, 5.41) is 11.5. The van der Waals surface area contributed by atoms with Crippen molar-refractivity contribution in [2.24, 2.45) is 0 Å². The fraction of sp³-hybridized carbons (Fsp3) is 0.417. The molecule has 0 aliphatic carbocycles. The van der Waals surface area contributed by atoms with Gasteiger partial charge in [-0.15, -0.1) is 5.10 Å². The van der Waals surface area contributed by atoms with Crippen LogP contribution in [-0.4, -0.2) is 40.6 Å². The zero-order valence-electron chi connectivity index (χ0n) is 11.6. The van der Waals surface area contributed by atoms with Gasteiger partial charge in [0, 0.05) is 17.5 Å². The molecule has 0 aliphatic heterocycles. The van der Waals surface area contributed by atoms with Gasteiger partial charge in [0.25, 0.3) is 0 Å². The highest BCUT2D eigenvalue weighted by atomic mass is 32.2. The second-order valence-corrected chi connectivity index (χ2v) is 7.16. The lowest BCUT2D eigenvalue weighted by molar-refractivity contribution is 0.509. The Balaban J connectivity index is 2.45. The van der Waals surface area contributed by atoms with Gasteiger partial charge in [0.05, 0.1) is 11.8 Å². The van der Waals surface area contributed by atoms with Gasteiger partial charge >= 0.3 is 0 Å². The highest BCUT2D eigenvalue weighted by molar-refractivity contribution is 7.90. The van der Waals surface area contributed by atoms with Gasteiger partial charge in [0.1, 0.15) is 9.84 Å². The van der Waals surface area contributed by atoms with Crippen LogP contribution < -0.4 is 5.73 Å². The fourth-order valence-corrected chi connectivity index (χ4v) is 3.06. The van der Waals surface area contributed by atoms with Gasteiger partial charge in [-0.05, 0) is 36.4 Å². The van der Waals surface area contributed by atoms with E-state index in [-0.39, 0.29) is 11.8 Å². The third-order valence-electron chi connectivity index (χ3n) is 2.90. The van der Waals surface area contributed by atoms with Crippen molar-refractivity contribution >= 4 is 15.5 Å². The zero-order valence-corrected chi connectivity index (χ0v) is 12.4. The molecule has 2 N–H and O–H groups in total. The first kappa shape index (κ1) is 14.4. The van der Waals surface area contributed by atoms with Crippen molar-refractivity contribution < 1.29 is 8.42 Å². The number of rotatable bonds is 4. The third kappa shape index (κ3) is 3.13. The standard InChI is InChI=1S/C12H17N5O2S/c1-8-4-5-11(13)10(6-8)12-14-15-16-17(12)9(2)7-20(3,18)19/h4-6,9H,7,13H2,1-3H3. The van der Waals surface area contributed by atoms with E-state index < -0.39 is 9.84 Å². The summed E-state index contributed by atoms with van der Waals surface area (Å²) < 4.78 is 24.3. The molecule has 1 aromatic heterocycles. The number of aryl methyl sites for hydroxylation is 1. The molecule has 20 heavy (non-hydrogen) atoms. The van der Waals surface area contributed by atoms with Crippen molar-refractivity contribution in [1.29, 1.82) is 0 Å². The predicted molar refractivity (Wildman–Crippen MR) is 76.8 cm³/mol. The highest BCUT2D eigenvalue weighted by Crippen LogP contribution is 2.26. The van der Waals surface area contributed by atoms with Crippen LogP contribution in [0.4, 0.5) is 5.69 Å². The number of nitrogens with zero attached hydrogens (tertiary/aromatic N) is 4. The molecule has 7 nitrogen and oxygen atoms in total.